The number of halogens is 1. The van der Waals surface area contributed by atoms with Crippen LogP contribution in [-0.2, 0) is 20.0 Å². The Morgan fingerprint density at radius 3 is 2.72 bits per heavy atom. The van der Waals surface area contributed by atoms with Crippen LogP contribution in [0.5, 0.6) is 11.5 Å². The standard InChI is InChI=1S/C29H32ClO5P/c1-18(2)26-16-20(8-10-27(26)31)25-9-7-22-15-24(13-19(3)29(22)25)33-17-36(32)34-12-11-28(35-36)21-5-4-6-23(30)14-21/h4-6,8,10,13-16,18,25,28,31H,7,9,11-12,17H2,1-3H3/t25-,28+,36+/m1/s1. The van der Waals surface area contributed by atoms with E-state index in [0.717, 1.165) is 29.5 Å². The molecule has 190 valence electrons. The SMILES string of the molecule is Cc1cc(OC[P@]2(=O)OCC[C@@H](c3cccc(Cl)c3)O2)cc2c1[C@@H](c1ccc(O)c(C(C)C)c1)CC2. The fourth-order valence-corrected chi connectivity index (χ4v) is 7.09. The van der Waals surface area contributed by atoms with Gasteiger partial charge in [-0.25, -0.2) is 0 Å². The van der Waals surface area contributed by atoms with Crippen molar-refractivity contribution in [3.05, 3.63) is 93.0 Å². The maximum Gasteiger partial charge on any atom is 0.368 e. The molecule has 0 radical (unpaired) electrons. The number of hydrogen-bond donors (Lipinski definition) is 1. The van der Waals surface area contributed by atoms with Gasteiger partial charge in [0.2, 0.25) is 0 Å². The van der Waals surface area contributed by atoms with Crippen molar-refractivity contribution in [3.63, 3.8) is 0 Å². The maximum absolute atomic E-state index is 13.3. The monoisotopic (exact) mass is 526 g/mol. The summed E-state index contributed by atoms with van der Waals surface area (Å²) in [4.78, 5) is 0. The van der Waals surface area contributed by atoms with Gasteiger partial charge in [0.15, 0.2) is 6.35 Å². The van der Waals surface area contributed by atoms with E-state index in [1.54, 1.807) is 6.07 Å². The Labute approximate surface area is 217 Å². The van der Waals surface area contributed by atoms with Crippen molar-refractivity contribution >= 4 is 19.2 Å². The minimum absolute atomic E-state index is 0.137. The van der Waals surface area contributed by atoms with E-state index in [4.69, 9.17) is 25.4 Å². The minimum atomic E-state index is -3.42. The van der Waals surface area contributed by atoms with Gasteiger partial charge in [0.1, 0.15) is 11.5 Å². The number of rotatable bonds is 6. The zero-order valence-electron chi connectivity index (χ0n) is 20.9. The Kier molecular flexibility index (Phi) is 7.20. The highest BCUT2D eigenvalue weighted by molar-refractivity contribution is 7.53. The van der Waals surface area contributed by atoms with Gasteiger partial charge in [0.25, 0.3) is 0 Å². The summed E-state index contributed by atoms with van der Waals surface area (Å²) in [6, 6.07) is 17.5. The highest BCUT2D eigenvalue weighted by Crippen LogP contribution is 2.56. The summed E-state index contributed by atoms with van der Waals surface area (Å²) in [5.41, 5.74) is 6.81. The average molecular weight is 527 g/mol. The van der Waals surface area contributed by atoms with Gasteiger partial charge in [-0.2, -0.15) is 0 Å². The molecule has 3 aromatic rings. The Balaban J connectivity index is 1.31. The fourth-order valence-electron chi connectivity index (χ4n) is 5.39. The zero-order chi connectivity index (χ0) is 25.4. The van der Waals surface area contributed by atoms with Crippen LogP contribution in [0.1, 0.15) is 78.0 Å². The van der Waals surface area contributed by atoms with Crippen molar-refractivity contribution in [2.75, 3.05) is 13.0 Å². The van der Waals surface area contributed by atoms with Crippen molar-refractivity contribution < 1.29 is 23.5 Å². The van der Waals surface area contributed by atoms with Crippen LogP contribution in [0.3, 0.4) is 0 Å². The first-order valence-corrected chi connectivity index (χ1v) is 14.6. The lowest BCUT2D eigenvalue weighted by Gasteiger charge is -2.30. The Morgan fingerprint density at radius 2 is 1.94 bits per heavy atom. The first kappa shape index (κ1) is 25.4. The van der Waals surface area contributed by atoms with E-state index in [9.17, 15) is 9.67 Å². The lowest BCUT2D eigenvalue weighted by molar-refractivity contribution is 0.0725. The molecule has 7 heteroatoms. The second-order valence-corrected chi connectivity index (χ2v) is 12.4. The van der Waals surface area contributed by atoms with E-state index >= 15 is 0 Å². The second-order valence-electron chi connectivity index (χ2n) is 10.0. The molecule has 0 aromatic heterocycles. The molecule has 0 bridgehead atoms. The number of aryl methyl sites for hydroxylation is 2. The topological polar surface area (TPSA) is 65.0 Å². The summed E-state index contributed by atoms with van der Waals surface area (Å²) in [5, 5.41) is 10.9. The number of phenolic OH excluding ortho intramolecular Hbond substituents is 1. The summed E-state index contributed by atoms with van der Waals surface area (Å²) >= 11 is 6.12. The number of ether oxygens (including phenoxy) is 1. The maximum atomic E-state index is 13.3. The number of phenols is 1. The molecule has 0 spiro atoms. The van der Waals surface area contributed by atoms with Gasteiger partial charge in [0.05, 0.1) is 12.7 Å². The van der Waals surface area contributed by atoms with Crippen LogP contribution in [0.25, 0.3) is 0 Å². The molecule has 0 unspecified atom stereocenters. The molecular weight excluding hydrogens is 495 g/mol. The largest absolute Gasteiger partial charge is 0.508 e. The predicted octanol–water partition coefficient (Wildman–Crippen LogP) is 8.26. The number of fused-ring (bicyclic) bond motifs is 1. The lowest BCUT2D eigenvalue weighted by atomic mass is 9.87. The summed E-state index contributed by atoms with van der Waals surface area (Å²) in [7, 11) is -3.42. The Bertz CT molecular complexity index is 1320. The third kappa shape index (κ3) is 5.21. The highest BCUT2D eigenvalue weighted by Gasteiger charge is 2.36. The number of benzene rings is 3. The second kappa shape index (κ2) is 10.2. The van der Waals surface area contributed by atoms with Crippen LogP contribution in [0.2, 0.25) is 5.02 Å². The molecule has 3 aromatic carbocycles. The number of hydrogen-bond acceptors (Lipinski definition) is 5. The highest BCUT2D eigenvalue weighted by atomic mass is 35.5. The van der Waals surface area contributed by atoms with Gasteiger partial charge in [-0.3, -0.25) is 9.09 Å². The summed E-state index contributed by atoms with van der Waals surface area (Å²) in [5.74, 6) is 1.57. The number of aromatic hydroxyl groups is 1. The molecule has 1 aliphatic carbocycles. The van der Waals surface area contributed by atoms with Gasteiger partial charge in [0, 0.05) is 17.4 Å². The smallest absolute Gasteiger partial charge is 0.368 e. The molecule has 2 aliphatic rings. The van der Waals surface area contributed by atoms with Crippen molar-refractivity contribution in [1.29, 1.82) is 0 Å². The fraction of sp³-hybridized carbons (Fsp3) is 0.379. The predicted molar refractivity (Wildman–Crippen MR) is 142 cm³/mol. The van der Waals surface area contributed by atoms with E-state index in [2.05, 4.69) is 32.9 Å². The van der Waals surface area contributed by atoms with Crippen LogP contribution >= 0.6 is 19.2 Å². The van der Waals surface area contributed by atoms with E-state index < -0.39 is 7.60 Å². The molecule has 3 atom stereocenters. The van der Waals surface area contributed by atoms with E-state index in [0.29, 0.717) is 29.5 Å². The average Bonchev–Trinajstić information content (AvgIpc) is 3.28. The van der Waals surface area contributed by atoms with E-state index in [1.807, 2.05) is 36.4 Å². The molecular formula is C29H32ClO5P. The molecule has 5 nitrogen and oxygen atoms in total. The molecule has 5 rings (SSSR count). The van der Waals surface area contributed by atoms with Crippen molar-refractivity contribution in [1.82, 2.24) is 0 Å². The zero-order valence-corrected chi connectivity index (χ0v) is 22.5. The minimum Gasteiger partial charge on any atom is -0.508 e. The quantitative estimate of drug-likeness (QED) is 0.327. The van der Waals surface area contributed by atoms with Gasteiger partial charge in [-0.1, -0.05) is 49.7 Å². The van der Waals surface area contributed by atoms with Gasteiger partial charge < -0.3 is 14.4 Å². The molecule has 1 aliphatic heterocycles. The van der Waals surface area contributed by atoms with Gasteiger partial charge in [-0.05, 0) is 89.4 Å². The third-order valence-corrected chi connectivity index (χ3v) is 8.97. The first-order valence-electron chi connectivity index (χ1n) is 12.5. The van der Waals surface area contributed by atoms with Crippen LogP contribution in [0.4, 0.5) is 0 Å². The van der Waals surface area contributed by atoms with Crippen LogP contribution < -0.4 is 4.74 Å². The van der Waals surface area contributed by atoms with Gasteiger partial charge >= 0.3 is 7.60 Å². The molecule has 1 heterocycles. The van der Waals surface area contributed by atoms with Crippen LogP contribution in [0.15, 0.2) is 54.6 Å². The summed E-state index contributed by atoms with van der Waals surface area (Å²) in [6.07, 6.45) is 2.09. The van der Waals surface area contributed by atoms with E-state index in [1.165, 1.54) is 16.7 Å². The summed E-state index contributed by atoms with van der Waals surface area (Å²) < 4.78 is 30.8. The molecule has 0 amide bonds. The summed E-state index contributed by atoms with van der Waals surface area (Å²) in [6.45, 7) is 6.63. The van der Waals surface area contributed by atoms with Gasteiger partial charge in [-0.15, -0.1) is 0 Å². The van der Waals surface area contributed by atoms with Crippen molar-refractivity contribution in [2.45, 2.75) is 58.0 Å². The van der Waals surface area contributed by atoms with E-state index in [-0.39, 0.29) is 24.3 Å². The van der Waals surface area contributed by atoms with Crippen LogP contribution in [-0.4, -0.2) is 18.1 Å². The molecule has 0 saturated carbocycles. The third-order valence-electron chi connectivity index (χ3n) is 7.14. The normalized spacial score (nSPS) is 23.6. The molecule has 1 saturated heterocycles. The van der Waals surface area contributed by atoms with Crippen molar-refractivity contribution in [3.8, 4) is 11.5 Å². The Morgan fingerprint density at radius 1 is 1.11 bits per heavy atom. The first-order chi connectivity index (χ1) is 17.2. The van der Waals surface area contributed by atoms with Crippen molar-refractivity contribution in [2.24, 2.45) is 0 Å². The molecule has 36 heavy (non-hydrogen) atoms. The van der Waals surface area contributed by atoms with Crippen LogP contribution in [0, 0.1) is 6.92 Å². The lowest BCUT2D eigenvalue weighted by Crippen LogP contribution is -2.17. The molecule has 1 N–H and O–H groups in total. The Hall–Kier alpha value is -2.30. The molecule has 1 fully saturated rings.